The number of aromatic nitrogens is 2. The molecule has 0 aliphatic carbocycles. The van der Waals surface area contributed by atoms with E-state index in [2.05, 4.69) is 20.4 Å². The van der Waals surface area contributed by atoms with Gasteiger partial charge >= 0.3 is 0 Å². The lowest BCUT2D eigenvalue weighted by Crippen LogP contribution is -2.50. The molecule has 0 saturated carbocycles. The van der Waals surface area contributed by atoms with Crippen LogP contribution < -0.4 is 20.1 Å². The number of halogens is 3. The van der Waals surface area contributed by atoms with Crippen LogP contribution in [0.4, 0.5) is 19.0 Å². The predicted octanol–water partition coefficient (Wildman–Crippen LogP) is 7.85. The number of nitrogens with zero attached hydrogens (tertiary/aromatic N) is 4. The maximum Gasteiger partial charge on any atom is 0.295 e. The predicted molar refractivity (Wildman–Crippen MR) is 224 cm³/mol. The van der Waals surface area contributed by atoms with Crippen LogP contribution in [0, 0.1) is 12.7 Å². The minimum atomic E-state index is -3.34. The number of aliphatic hydroxyl groups excluding tert-OH is 1. The highest BCUT2D eigenvalue weighted by Gasteiger charge is 2.36. The highest BCUT2D eigenvalue weighted by atomic mass is 19.3. The van der Waals surface area contributed by atoms with Crippen molar-refractivity contribution in [2.24, 2.45) is 0 Å². The molecule has 7 rings (SSSR count). The van der Waals surface area contributed by atoms with E-state index in [1.807, 2.05) is 26.0 Å². The summed E-state index contributed by atoms with van der Waals surface area (Å²) in [5.41, 5.74) is 4.88. The molecule has 3 aliphatic heterocycles. The summed E-state index contributed by atoms with van der Waals surface area (Å²) in [7, 11) is 3.22. The van der Waals surface area contributed by atoms with Crippen molar-refractivity contribution < 1.29 is 37.3 Å². The zero-order chi connectivity index (χ0) is 42.6. The molecule has 4 heterocycles. The monoisotopic (exact) mass is 830 g/mol. The van der Waals surface area contributed by atoms with Crippen LogP contribution in [0.1, 0.15) is 116 Å². The van der Waals surface area contributed by atoms with E-state index in [1.54, 1.807) is 32.4 Å². The Morgan fingerprint density at radius 1 is 0.967 bits per heavy atom. The first-order valence-corrected chi connectivity index (χ1v) is 21.3. The molecule has 60 heavy (non-hydrogen) atoms. The van der Waals surface area contributed by atoms with Crippen LogP contribution in [0.3, 0.4) is 0 Å². The summed E-state index contributed by atoms with van der Waals surface area (Å²) in [6.45, 7) is 6.46. The van der Waals surface area contributed by atoms with Gasteiger partial charge in [0.1, 0.15) is 24.1 Å². The van der Waals surface area contributed by atoms with Gasteiger partial charge in [-0.3, -0.25) is 19.8 Å². The number of hydrogen-bond acceptors (Lipinski definition) is 10. The van der Waals surface area contributed by atoms with Crippen molar-refractivity contribution in [1.29, 1.82) is 0 Å². The normalized spacial score (nSPS) is 18.4. The summed E-state index contributed by atoms with van der Waals surface area (Å²) in [4.78, 5) is 38.2. The van der Waals surface area contributed by atoms with Crippen molar-refractivity contribution in [2.75, 3.05) is 45.8 Å². The number of piperidine rings is 2. The van der Waals surface area contributed by atoms with E-state index in [0.29, 0.717) is 54.6 Å². The Labute approximate surface area is 350 Å². The number of benzene rings is 3. The molecule has 0 radical (unpaired) electrons. The highest BCUT2D eigenvalue weighted by Crippen LogP contribution is 2.41. The SMILES string of the molecule is COc1cc2c(N[C@H](C)c3cccc(C(F)(F)CO)c3)nc(C)nc2c(CCCCCCCN2CCC(c3cc4c(cc3F)CN(C3CCC(=O)NC3=O)C4)CC2)c1OC. The number of fused-ring (bicyclic) bond motifs is 2. The Hall–Kier alpha value is -4.79. The summed E-state index contributed by atoms with van der Waals surface area (Å²) in [5.74, 6) is -1.48. The topological polar surface area (TPSA) is 129 Å². The Morgan fingerprint density at radius 3 is 2.42 bits per heavy atom. The second-order valence-corrected chi connectivity index (χ2v) is 16.6. The van der Waals surface area contributed by atoms with Crippen LogP contribution in [-0.2, 0) is 35.0 Å². The standard InChI is InChI=1S/C46H57F3N6O5/c1-28(31-11-10-12-34(21-31)46(48,49)27-56)50-44-37-24-40(59-3)43(60-4)35(42(37)51-29(2)52-44)13-8-6-5-7-9-18-54-19-16-30(17-20-54)36-22-32-25-55(26-33(32)23-38(36)47)39-14-15-41(57)53-45(39)58/h10-12,21-24,28,30,39,56H,5-9,13-20,25-27H2,1-4H3,(H,50,51,52)(H,53,57,58)/t28-,39?/m1/s1. The molecule has 2 fully saturated rings. The van der Waals surface area contributed by atoms with E-state index in [9.17, 15) is 23.5 Å². The summed E-state index contributed by atoms with van der Waals surface area (Å²) < 4.78 is 55.7. The lowest BCUT2D eigenvalue weighted by atomic mass is 9.87. The Kier molecular flexibility index (Phi) is 13.6. The van der Waals surface area contributed by atoms with Crippen LogP contribution in [0.15, 0.2) is 42.5 Å². The smallest absolute Gasteiger partial charge is 0.295 e. The molecule has 1 aromatic heterocycles. The summed E-state index contributed by atoms with van der Waals surface area (Å²) >= 11 is 0. The third kappa shape index (κ3) is 9.55. The largest absolute Gasteiger partial charge is 0.493 e. The number of alkyl halides is 2. The minimum Gasteiger partial charge on any atom is -0.493 e. The van der Waals surface area contributed by atoms with Crippen molar-refractivity contribution in [3.8, 4) is 11.5 Å². The second kappa shape index (κ2) is 18.9. The number of amides is 2. The van der Waals surface area contributed by atoms with Gasteiger partial charge in [-0.2, -0.15) is 8.78 Å². The number of aliphatic hydroxyl groups is 1. The Morgan fingerprint density at radius 2 is 1.70 bits per heavy atom. The minimum absolute atomic E-state index is 0.153. The molecule has 1 unspecified atom stereocenters. The molecule has 0 spiro atoms. The molecule has 4 aromatic rings. The van der Waals surface area contributed by atoms with E-state index < -0.39 is 12.5 Å². The molecule has 3 aromatic carbocycles. The van der Waals surface area contributed by atoms with Gasteiger partial charge in [0.05, 0.1) is 25.8 Å². The number of likely N-dealkylation sites (tertiary alicyclic amines) is 1. The molecule has 2 amide bonds. The van der Waals surface area contributed by atoms with E-state index in [1.165, 1.54) is 12.1 Å². The van der Waals surface area contributed by atoms with Crippen LogP contribution in [0.25, 0.3) is 10.9 Å². The highest BCUT2D eigenvalue weighted by molar-refractivity contribution is 6.00. The zero-order valence-electron chi connectivity index (χ0n) is 35.1. The summed E-state index contributed by atoms with van der Waals surface area (Å²) in [6, 6.07) is 10.9. The number of hydrogen-bond donors (Lipinski definition) is 3. The van der Waals surface area contributed by atoms with Gasteiger partial charge in [0.25, 0.3) is 5.92 Å². The number of methoxy groups -OCH3 is 2. The van der Waals surface area contributed by atoms with Crippen LogP contribution in [0.2, 0.25) is 0 Å². The van der Waals surface area contributed by atoms with Crippen molar-refractivity contribution in [3.05, 3.63) is 87.5 Å². The fourth-order valence-electron chi connectivity index (χ4n) is 9.20. The number of nitrogens with one attached hydrogen (secondary N) is 2. The fourth-order valence-corrected chi connectivity index (χ4v) is 9.20. The number of anilines is 1. The molecule has 3 aliphatic rings. The zero-order valence-corrected chi connectivity index (χ0v) is 35.1. The van der Waals surface area contributed by atoms with Crippen molar-refractivity contribution >= 4 is 28.5 Å². The first kappa shape index (κ1) is 43.3. The lowest BCUT2D eigenvalue weighted by Gasteiger charge is -2.32. The first-order chi connectivity index (χ1) is 28.9. The molecule has 2 atom stereocenters. The van der Waals surface area contributed by atoms with Gasteiger partial charge in [-0.15, -0.1) is 0 Å². The van der Waals surface area contributed by atoms with E-state index in [-0.39, 0.29) is 41.2 Å². The molecule has 0 bridgehead atoms. The van der Waals surface area contributed by atoms with Gasteiger partial charge in [-0.25, -0.2) is 14.4 Å². The average molecular weight is 831 g/mol. The van der Waals surface area contributed by atoms with Crippen molar-refractivity contribution in [3.63, 3.8) is 0 Å². The number of unbranched alkanes of at least 4 members (excludes halogenated alkanes) is 4. The third-order valence-electron chi connectivity index (χ3n) is 12.5. The number of aryl methyl sites for hydroxylation is 2. The van der Waals surface area contributed by atoms with Gasteiger partial charge in [-0.05, 0) is 118 Å². The molecular weight excluding hydrogens is 774 g/mol. The number of rotatable bonds is 17. The van der Waals surface area contributed by atoms with Gasteiger partial charge in [-0.1, -0.05) is 43.5 Å². The Bertz CT molecular complexity index is 2200. The number of imide groups is 1. The second-order valence-electron chi connectivity index (χ2n) is 16.6. The third-order valence-corrected chi connectivity index (χ3v) is 12.5. The molecule has 3 N–H and O–H groups in total. The number of carbonyl (C=O) groups is 2. The molecule has 11 nitrogen and oxygen atoms in total. The van der Waals surface area contributed by atoms with Gasteiger partial charge in [0.2, 0.25) is 11.8 Å². The van der Waals surface area contributed by atoms with Crippen molar-refractivity contribution in [2.45, 2.75) is 115 Å². The maximum atomic E-state index is 15.4. The van der Waals surface area contributed by atoms with Crippen molar-refractivity contribution in [1.82, 2.24) is 25.1 Å². The Balaban J connectivity index is 0.897. The van der Waals surface area contributed by atoms with Gasteiger partial charge in [0.15, 0.2) is 11.5 Å². The molecule has 322 valence electrons. The molecule has 2 saturated heterocycles. The average Bonchev–Trinajstić information content (AvgIpc) is 3.65. The maximum absolute atomic E-state index is 15.4. The number of ether oxygens (including phenoxy) is 2. The van der Waals surface area contributed by atoms with E-state index in [0.717, 1.165) is 104 Å². The van der Waals surface area contributed by atoms with Gasteiger partial charge < -0.3 is 24.8 Å². The molecule has 14 heteroatoms. The van der Waals surface area contributed by atoms with Crippen LogP contribution in [0.5, 0.6) is 11.5 Å². The number of carbonyl (C=O) groups excluding carboxylic acids is 2. The van der Waals surface area contributed by atoms with Crippen LogP contribution in [-0.4, -0.2) is 83.2 Å². The summed E-state index contributed by atoms with van der Waals surface area (Å²) in [6.07, 6.45) is 8.64. The summed E-state index contributed by atoms with van der Waals surface area (Å²) in [5, 5.41) is 15.8. The molecular formula is C46H57F3N6O5. The lowest BCUT2D eigenvalue weighted by molar-refractivity contribution is -0.137. The van der Waals surface area contributed by atoms with E-state index in [4.69, 9.17) is 19.4 Å². The first-order valence-electron chi connectivity index (χ1n) is 21.3. The van der Waals surface area contributed by atoms with Crippen LogP contribution >= 0.6 is 0 Å². The quantitative estimate of drug-likeness (QED) is 0.0715. The van der Waals surface area contributed by atoms with E-state index >= 15 is 4.39 Å². The van der Waals surface area contributed by atoms with Gasteiger partial charge in [0, 0.05) is 42.1 Å². The fraction of sp³-hybridized carbons (Fsp3) is 0.522.